The van der Waals surface area contributed by atoms with Gasteiger partial charge in [-0.3, -0.25) is 4.90 Å². The van der Waals surface area contributed by atoms with Crippen molar-refractivity contribution in [3.8, 4) is 0 Å². The van der Waals surface area contributed by atoms with Gasteiger partial charge in [0.25, 0.3) is 0 Å². The molecule has 0 aromatic carbocycles. The van der Waals surface area contributed by atoms with Crippen molar-refractivity contribution in [3.05, 3.63) is 6.61 Å². The molecular formula is C6H10NO. The summed E-state index contributed by atoms with van der Waals surface area (Å²) in [5, 5.41) is 0. The van der Waals surface area contributed by atoms with Gasteiger partial charge in [0.2, 0.25) is 0 Å². The van der Waals surface area contributed by atoms with Crippen LogP contribution < -0.4 is 0 Å². The number of hydrogen-bond donors (Lipinski definition) is 0. The van der Waals surface area contributed by atoms with Crippen molar-refractivity contribution < 1.29 is 4.74 Å². The Morgan fingerprint density at radius 3 is 2.88 bits per heavy atom. The number of rotatable bonds is 1. The Hall–Kier alpha value is -0.0800. The average Bonchev–Trinajstić information content (AvgIpc) is 2.49. The van der Waals surface area contributed by atoms with Crippen molar-refractivity contribution in [2.75, 3.05) is 19.7 Å². The lowest BCUT2D eigenvalue weighted by atomic mass is 10.3. The molecule has 0 aliphatic carbocycles. The Labute approximate surface area is 49.4 Å². The zero-order valence-electron chi connectivity index (χ0n) is 4.84. The Morgan fingerprint density at radius 2 is 2.38 bits per heavy atom. The summed E-state index contributed by atoms with van der Waals surface area (Å²) in [6, 6.07) is 0.731. The molecule has 2 aliphatic rings. The fraction of sp³-hybridized carbons (Fsp3) is 0.833. The molecule has 0 aromatic rings. The normalized spacial score (nSPS) is 38.2. The summed E-state index contributed by atoms with van der Waals surface area (Å²) in [5.41, 5.74) is 0. The molecule has 1 atom stereocenters. The summed E-state index contributed by atoms with van der Waals surface area (Å²) in [5.74, 6) is 0. The van der Waals surface area contributed by atoms with E-state index in [0.29, 0.717) is 0 Å². The third kappa shape index (κ3) is 0.740. The molecule has 2 saturated heterocycles. The van der Waals surface area contributed by atoms with Gasteiger partial charge >= 0.3 is 0 Å². The van der Waals surface area contributed by atoms with Gasteiger partial charge in [0.1, 0.15) is 0 Å². The predicted molar refractivity (Wildman–Crippen MR) is 30.2 cm³/mol. The second-order valence-electron chi connectivity index (χ2n) is 2.43. The SMILES string of the molecule is [CH]1CC(N2CC2)CO1. The van der Waals surface area contributed by atoms with E-state index in [1.807, 2.05) is 6.61 Å². The Balaban J connectivity index is 1.86. The fourth-order valence-electron chi connectivity index (χ4n) is 1.10. The predicted octanol–water partition coefficient (Wildman–Crippen LogP) is 0.253. The highest BCUT2D eigenvalue weighted by molar-refractivity contribution is 4.87. The summed E-state index contributed by atoms with van der Waals surface area (Å²) in [6.45, 7) is 5.44. The fourth-order valence-corrected chi connectivity index (χ4v) is 1.10. The first-order valence-electron chi connectivity index (χ1n) is 3.14. The number of hydrogen-bond acceptors (Lipinski definition) is 2. The van der Waals surface area contributed by atoms with Crippen LogP contribution in [0.1, 0.15) is 6.42 Å². The van der Waals surface area contributed by atoms with Crippen LogP contribution in [0.4, 0.5) is 0 Å². The Kier molecular flexibility index (Phi) is 1.02. The summed E-state index contributed by atoms with van der Waals surface area (Å²) in [6.07, 6.45) is 1.14. The molecular weight excluding hydrogens is 102 g/mol. The molecule has 0 N–H and O–H groups in total. The van der Waals surface area contributed by atoms with E-state index in [0.717, 1.165) is 19.1 Å². The van der Waals surface area contributed by atoms with Crippen molar-refractivity contribution in [2.45, 2.75) is 12.5 Å². The monoisotopic (exact) mass is 112 g/mol. The van der Waals surface area contributed by atoms with Gasteiger partial charge in [0, 0.05) is 19.1 Å². The van der Waals surface area contributed by atoms with Crippen molar-refractivity contribution in [2.24, 2.45) is 0 Å². The quantitative estimate of drug-likeness (QED) is 0.451. The van der Waals surface area contributed by atoms with Crippen LogP contribution in [0.5, 0.6) is 0 Å². The topological polar surface area (TPSA) is 12.2 Å². The van der Waals surface area contributed by atoms with E-state index >= 15 is 0 Å². The highest BCUT2D eigenvalue weighted by atomic mass is 16.5. The third-order valence-electron chi connectivity index (χ3n) is 1.77. The molecule has 0 saturated carbocycles. The molecule has 0 spiro atoms. The Morgan fingerprint density at radius 1 is 1.50 bits per heavy atom. The van der Waals surface area contributed by atoms with Crippen LogP contribution in [-0.2, 0) is 4.74 Å². The molecule has 1 unspecified atom stereocenters. The van der Waals surface area contributed by atoms with Crippen LogP contribution in [0.25, 0.3) is 0 Å². The standard InChI is InChI=1S/C6H10NO/c1-4-8-5-6(1)7-2-3-7/h4,6H,1-3,5H2. The molecule has 2 nitrogen and oxygen atoms in total. The second-order valence-corrected chi connectivity index (χ2v) is 2.43. The van der Waals surface area contributed by atoms with Gasteiger partial charge in [-0.15, -0.1) is 0 Å². The maximum absolute atomic E-state index is 5.09. The van der Waals surface area contributed by atoms with E-state index in [1.165, 1.54) is 13.1 Å². The molecule has 2 heterocycles. The lowest BCUT2D eigenvalue weighted by Crippen LogP contribution is -2.17. The van der Waals surface area contributed by atoms with E-state index in [9.17, 15) is 0 Å². The maximum Gasteiger partial charge on any atom is 0.0853 e. The first-order chi connectivity index (χ1) is 3.97. The van der Waals surface area contributed by atoms with E-state index in [1.54, 1.807) is 0 Å². The minimum atomic E-state index is 0.731. The van der Waals surface area contributed by atoms with Crippen molar-refractivity contribution in [1.29, 1.82) is 0 Å². The molecule has 1 radical (unpaired) electrons. The highest BCUT2D eigenvalue weighted by Gasteiger charge is 2.30. The van der Waals surface area contributed by atoms with E-state index in [4.69, 9.17) is 4.74 Å². The first kappa shape index (κ1) is 4.77. The van der Waals surface area contributed by atoms with Crippen LogP contribution in [0.15, 0.2) is 0 Å². The van der Waals surface area contributed by atoms with Crippen molar-refractivity contribution in [1.82, 2.24) is 4.90 Å². The molecule has 8 heavy (non-hydrogen) atoms. The second kappa shape index (κ2) is 1.71. The van der Waals surface area contributed by atoms with Gasteiger partial charge < -0.3 is 4.74 Å². The third-order valence-corrected chi connectivity index (χ3v) is 1.77. The van der Waals surface area contributed by atoms with Crippen molar-refractivity contribution in [3.63, 3.8) is 0 Å². The largest absolute Gasteiger partial charge is 0.374 e. The summed E-state index contributed by atoms with van der Waals surface area (Å²) in [7, 11) is 0. The minimum absolute atomic E-state index is 0.731. The lowest BCUT2D eigenvalue weighted by molar-refractivity contribution is 0.224. The molecule has 0 bridgehead atoms. The zero-order chi connectivity index (χ0) is 5.40. The van der Waals surface area contributed by atoms with Gasteiger partial charge in [-0.05, 0) is 6.42 Å². The molecule has 2 heteroatoms. The van der Waals surface area contributed by atoms with Gasteiger partial charge in [0.05, 0.1) is 13.2 Å². The lowest BCUT2D eigenvalue weighted by Gasteiger charge is -2.04. The van der Waals surface area contributed by atoms with Gasteiger partial charge in [0.15, 0.2) is 0 Å². The summed E-state index contributed by atoms with van der Waals surface area (Å²) >= 11 is 0. The van der Waals surface area contributed by atoms with E-state index in [2.05, 4.69) is 4.90 Å². The van der Waals surface area contributed by atoms with Gasteiger partial charge in [-0.1, -0.05) is 0 Å². The minimum Gasteiger partial charge on any atom is -0.374 e. The van der Waals surface area contributed by atoms with Crippen LogP contribution >= 0.6 is 0 Å². The molecule has 0 aromatic heterocycles. The van der Waals surface area contributed by atoms with Crippen LogP contribution in [0.3, 0.4) is 0 Å². The van der Waals surface area contributed by atoms with Crippen molar-refractivity contribution >= 4 is 0 Å². The van der Waals surface area contributed by atoms with Crippen LogP contribution in [0, 0.1) is 6.61 Å². The average molecular weight is 112 g/mol. The van der Waals surface area contributed by atoms with Crippen LogP contribution in [0.2, 0.25) is 0 Å². The first-order valence-corrected chi connectivity index (χ1v) is 3.14. The van der Waals surface area contributed by atoms with Crippen LogP contribution in [-0.4, -0.2) is 30.6 Å². The maximum atomic E-state index is 5.09. The molecule has 2 rings (SSSR count). The zero-order valence-corrected chi connectivity index (χ0v) is 4.84. The molecule has 2 fully saturated rings. The van der Waals surface area contributed by atoms with Gasteiger partial charge in [-0.2, -0.15) is 0 Å². The van der Waals surface area contributed by atoms with Gasteiger partial charge in [-0.25, -0.2) is 0 Å². The summed E-state index contributed by atoms with van der Waals surface area (Å²) < 4.78 is 5.09. The van der Waals surface area contributed by atoms with E-state index < -0.39 is 0 Å². The smallest absolute Gasteiger partial charge is 0.0853 e. The molecule has 45 valence electrons. The number of ether oxygens (including phenoxy) is 1. The molecule has 2 aliphatic heterocycles. The molecule has 0 amide bonds. The number of nitrogens with zero attached hydrogens (tertiary/aromatic N) is 1. The Bertz CT molecular complexity index is 84.5. The van der Waals surface area contributed by atoms with E-state index in [-0.39, 0.29) is 0 Å². The summed E-state index contributed by atoms with van der Waals surface area (Å²) in [4.78, 5) is 2.43. The highest BCUT2D eigenvalue weighted by Crippen LogP contribution is 2.20.